The quantitative estimate of drug-likeness (QED) is 0.575. The number of halogens is 1. The van der Waals surface area contributed by atoms with Crippen molar-refractivity contribution in [1.29, 1.82) is 0 Å². The molecule has 0 radical (unpaired) electrons. The van der Waals surface area contributed by atoms with Crippen LogP contribution < -0.4 is 17.0 Å². The molecule has 4 heteroatoms. The third-order valence-corrected chi connectivity index (χ3v) is 4.57. The molecular formula is C22H22BrN3. The van der Waals surface area contributed by atoms with E-state index >= 15 is 0 Å². The van der Waals surface area contributed by atoms with Gasteiger partial charge in [-0.3, -0.25) is 9.48 Å². The Balaban J connectivity index is 0.00000196. The Hall–Kier alpha value is -2.46. The SMILES string of the molecule is [Br-].c1ccc(CN2CC[N+](Cc3ccccc3)=C2c2ccccn2)cc1. The van der Waals surface area contributed by atoms with Crippen LogP contribution in [0.4, 0.5) is 0 Å². The first-order valence-electron chi connectivity index (χ1n) is 8.76. The minimum Gasteiger partial charge on any atom is -1.00 e. The summed E-state index contributed by atoms with van der Waals surface area (Å²) in [4.78, 5) is 7.07. The summed E-state index contributed by atoms with van der Waals surface area (Å²) in [6, 6.07) is 27.5. The summed E-state index contributed by atoms with van der Waals surface area (Å²) in [5, 5.41) is 0. The van der Waals surface area contributed by atoms with E-state index in [4.69, 9.17) is 0 Å². The molecule has 0 unspecified atom stereocenters. The maximum atomic E-state index is 4.62. The van der Waals surface area contributed by atoms with Gasteiger partial charge < -0.3 is 17.0 Å². The maximum Gasteiger partial charge on any atom is 0.298 e. The van der Waals surface area contributed by atoms with Gasteiger partial charge in [0.2, 0.25) is 0 Å². The lowest BCUT2D eigenvalue weighted by Gasteiger charge is -2.13. The van der Waals surface area contributed by atoms with Crippen LogP contribution in [0.25, 0.3) is 0 Å². The fourth-order valence-electron chi connectivity index (χ4n) is 3.39. The molecule has 1 aromatic heterocycles. The van der Waals surface area contributed by atoms with Crippen molar-refractivity contribution in [3.05, 3.63) is 102 Å². The molecule has 0 N–H and O–H groups in total. The molecule has 3 aromatic rings. The number of rotatable bonds is 5. The zero-order valence-electron chi connectivity index (χ0n) is 14.6. The first-order chi connectivity index (χ1) is 12.4. The third-order valence-electron chi connectivity index (χ3n) is 4.57. The molecule has 0 aliphatic carbocycles. The maximum absolute atomic E-state index is 4.62. The van der Waals surface area contributed by atoms with E-state index in [1.165, 1.54) is 17.0 Å². The van der Waals surface area contributed by atoms with E-state index in [2.05, 4.69) is 87.3 Å². The Morgan fingerprint density at radius 3 is 2.12 bits per heavy atom. The van der Waals surface area contributed by atoms with Gasteiger partial charge in [-0.25, -0.2) is 4.98 Å². The molecule has 0 fully saturated rings. The largest absolute Gasteiger partial charge is 1.00 e. The van der Waals surface area contributed by atoms with E-state index in [9.17, 15) is 0 Å². The predicted octanol–water partition coefficient (Wildman–Crippen LogP) is 0.561. The van der Waals surface area contributed by atoms with Crippen LogP contribution in [-0.4, -0.2) is 33.4 Å². The van der Waals surface area contributed by atoms with Crippen LogP contribution in [0.1, 0.15) is 16.8 Å². The van der Waals surface area contributed by atoms with Crippen LogP contribution >= 0.6 is 0 Å². The lowest BCUT2D eigenvalue weighted by atomic mass is 10.2. The molecule has 0 spiro atoms. The number of pyridine rings is 1. The molecule has 0 atom stereocenters. The van der Waals surface area contributed by atoms with Gasteiger partial charge in [0.1, 0.15) is 26.2 Å². The van der Waals surface area contributed by atoms with E-state index in [-0.39, 0.29) is 17.0 Å². The summed E-state index contributed by atoms with van der Waals surface area (Å²) in [5.74, 6) is 1.23. The minimum absolute atomic E-state index is 0. The van der Waals surface area contributed by atoms with Gasteiger partial charge in [0.15, 0.2) is 5.69 Å². The Morgan fingerprint density at radius 2 is 1.46 bits per heavy atom. The molecule has 0 saturated heterocycles. The van der Waals surface area contributed by atoms with Crippen LogP contribution in [0.15, 0.2) is 85.1 Å². The Bertz CT molecular complexity index is 848. The van der Waals surface area contributed by atoms with Crippen LogP contribution in [0.2, 0.25) is 0 Å². The van der Waals surface area contributed by atoms with E-state index in [0.29, 0.717) is 0 Å². The van der Waals surface area contributed by atoms with Gasteiger partial charge in [-0.15, -0.1) is 0 Å². The van der Waals surface area contributed by atoms with Gasteiger partial charge in [0, 0.05) is 6.20 Å². The predicted molar refractivity (Wildman–Crippen MR) is 100 cm³/mol. The first kappa shape index (κ1) is 18.3. The fraction of sp³-hybridized carbons (Fsp3) is 0.182. The lowest BCUT2D eigenvalue weighted by molar-refractivity contribution is -0.534. The van der Waals surface area contributed by atoms with Gasteiger partial charge in [-0.2, -0.15) is 0 Å². The summed E-state index contributed by atoms with van der Waals surface area (Å²) >= 11 is 0. The molecule has 0 bridgehead atoms. The lowest BCUT2D eigenvalue weighted by Crippen LogP contribution is -3.00. The van der Waals surface area contributed by atoms with Gasteiger partial charge >= 0.3 is 0 Å². The summed E-state index contributed by atoms with van der Waals surface area (Å²) in [7, 11) is 0. The second kappa shape index (κ2) is 8.77. The molecule has 1 aliphatic rings. The molecule has 2 heterocycles. The summed E-state index contributed by atoms with van der Waals surface area (Å²) in [6.07, 6.45) is 1.88. The molecule has 4 rings (SSSR count). The van der Waals surface area contributed by atoms with Gasteiger partial charge in [0.05, 0.1) is 0 Å². The van der Waals surface area contributed by atoms with Gasteiger partial charge in [0.25, 0.3) is 5.84 Å². The Labute approximate surface area is 165 Å². The number of amidine groups is 1. The molecule has 0 saturated carbocycles. The van der Waals surface area contributed by atoms with E-state index in [1.807, 2.05) is 12.3 Å². The van der Waals surface area contributed by atoms with E-state index in [1.54, 1.807) is 0 Å². The second-order valence-corrected chi connectivity index (χ2v) is 6.35. The van der Waals surface area contributed by atoms with Crippen molar-refractivity contribution < 1.29 is 21.6 Å². The van der Waals surface area contributed by atoms with E-state index < -0.39 is 0 Å². The first-order valence-corrected chi connectivity index (χ1v) is 8.76. The smallest absolute Gasteiger partial charge is 0.298 e. The van der Waals surface area contributed by atoms with Crippen LogP contribution in [0.5, 0.6) is 0 Å². The molecule has 1 aliphatic heterocycles. The number of hydrogen-bond acceptors (Lipinski definition) is 2. The minimum atomic E-state index is 0. The average molecular weight is 408 g/mol. The molecule has 0 amide bonds. The third kappa shape index (κ3) is 4.20. The molecule has 132 valence electrons. The molecule has 3 nitrogen and oxygen atoms in total. The highest BCUT2D eigenvalue weighted by molar-refractivity contribution is 5.93. The second-order valence-electron chi connectivity index (χ2n) is 6.35. The van der Waals surface area contributed by atoms with E-state index in [0.717, 1.165) is 31.9 Å². The number of benzene rings is 2. The van der Waals surface area contributed by atoms with Crippen LogP contribution in [0, 0.1) is 0 Å². The van der Waals surface area contributed by atoms with Gasteiger partial charge in [-0.05, 0) is 23.3 Å². The van der Waals surface area contributed by atoms with Crippen LogP contribution in [0.3, 0.4) is 0 Å². The highest BCUT2D eigenvalue weighted by Gasteiger charge is 2.32. The van der Waals surface area contributed by atoms with Crippen molar-refractivity contribution in [3.8, 4) is 0 Å². The average Bonchev–Trinajstić information content (AvgIpc) is 3.06. The van der Waals surface area contributed by atoms with Crippen molar-refractivity contribution in [1.82, 2.24) is 9.88 Å². The van der Waals surface area contributed by atoms with Crippen molar-refractivity contribution >= 4 is 5.84 Å². The summed E-state index contributed by atoms with van der Waals surface area (Å²) in [6.45, 7) is 3.87. The van der Waals surface area contributed by atoms with Crippen molar-refractivity contribution in [2.75, 3.05) is 13.1 Å². The van der Waals surface area contributed by atoms with Crippen molar-refractivity contribution in [2.45, 2.75) is 13.1 Å². The standard InChI is InChI=1S/C22H22N3.BrH/c1-3-9-19(10-4-1)17-24-15-16-25(18-20-11-5-2-6-12-20)22(24)21-13-7-8-14-23-21;/h1-14H,15-18H2;1H/q+1;/p-1. The normalized spacial score (nSPS) is 13.6. The highest BCUT2D eigenvalue weighted by atomic mass is 79.9. The van der Waals surface area contributed by atoms with Crippen molar-refractivity contribution in [3.63, 3.8) is 0 Å². The Morgan fingerprint density at radius 1 is 0.808 bits per heavy atom. The zero-order valence-corrected chi connectivity index (χ0v) is 16.2. The molecular weight excluding hydrogens is 386 g/mol. The van der Waals surface area contributed by atoms with Crippen LogP contribution in [-0.2, 0) is 13.1 Å². The topological polar surface area (TPSA) is 19.1 Å². The number of hydrogen-bond donors (Lipinski definition) is 0. The Kier molecular flexibility index (Phi) is 6.18. The van der Waals surface area contributed by atoms with Gasteiger partial charge in [-0.1, -0.05) is 66.7 Å². The summed E-state index contributed by atoms with van der Waals surface area (Å²) in [5.41, 5.74) is 3.71. The highest BCUT2D eigenvalue weighted by Crippen LogP contribution is 2.15. The number of nitrogens with zero attached hydrogens (tertiary/aromatic N) is 3. The monoisotopic (exact) mass is 407 g/mol. The molecule has 26 heavy (non-hydrogen) atoms. The summed E-state index contributed by atoms with van der Waals surface area (Å²) < 4.78 is 2.45. The fourth-order valence-corrected chi connectivity index (χ4v) is 3.39. The van der Waals surface area contributed by atoms with Crippen molar-refractivity contribution in [2.24, 2.45) is 0 Å². The molecule has 2 aromatic carbocycles. The number of aromatic nitrogens is 1. The zero-order chi connectivity index (χ0) is 16.9.